The van der Waals surface area contributed by atoms with Gasteiger partial charge in [-0.05, 0) is 31.9 Å². The van der Waals surface area contributed by atoms with Gasteiger partial charge in [-0.15, -0.1) is 0 Å². The highest BCUT2D eigenvalue weighted by Gasteiger charge is 2.36. The first-order valence-corrected chi connectivity index (χ1v) is 6.65. The second-order valence-corrected chi connectivity index (χ2v) is 4.59. The van der Waals surface area contributed by atoms with Crippen LogP contribution in [0.15, 0.2) is 22.8 Å². The van der Waals surface area contributed by atoms with Crippen molar-refractivity contribution >= 4 is 5.91 Å². The molecule has 1 amide bonds. The highest BCUT2D eigenvalue weighted by Crippen LogP contribution is 2.28. The summed E-state index contributed by atoms with van der Waals surface area (Å²) >= 11 is 0. The van der Waals surface area contributed by atoms with Gasteiger partial charge in [-0.3, -0.25) is 4.79 Å². The molecule has 0 bridgehead atoms. The van der Waals surface area contributed by atoms with Gasteiger partial charge in [-0.25, -0.2) is 0 Å². The molecule has 0 unspecified atom stereocenters. The van der Waals surface area contributed by atoms with E-state index < -0.39 is 5.41 Å². The van der Waals surface area contributed by atoms with Crippen LogP contribution < -0.4 is 5.73 Å². The Labute approximate surface area is 109 Å². The van der Waals surface area contributed by atoms with E-state index in [-0.39, 0.29) is 5.91 Å². The summed E-state index contributed by atoms with van der Waals surface area (Å²) in [6.07, 6.45) is 3.17. The lowest BCUT2D eigenvalue weighted by Gasteiger charge is -2.34. The predicted octanol–water partition coefficient (Wildman–Crippen LogP) is 2.39. The maximum Gasteiger partial charge on any atom is 0.230 e. The van der Waals surface area contributed by atoms with Crippen molar-refractivity contribution in [2.24, 2.45) is 11.1 Å². The SMILES string of the molecule is CCN(Cc1ccco1)C(=O)C(CC)(CC)CN. The lowest BCUT2D eigenvalue weighted by atomic mass is 9.81. The first-order valence-electron chi connectivity index (χ1n) is 6.65. The molecule has 1 aromatic heterocycles. The molecule has 0 fully saturated rings. The Morgan fingerprint density at radius 3 is 2.44 bits per heavy atom. The van der Waals surface area contributed by atoms with E-state index >= 15 is 0 Å². The van der Waals surface area contributed by atoms with E-state index in [4.69, 9.17) is 10.2 Å². The van der Waals surface area contributed by atoms with Crippen LogP contribution in [0.5, 0.6) is 0 Å². The molecule has 1 rings (SSSR count). The molecule has 0 atom stereocenters. The van der Waals surface area contributed by atoms with Crippen molar-refractivity contribution in [3.8, 4) is 0 Å². The Morgan fingerprint density at radius 2 is 2.06 bits per heavy atom. The standard InChI is InChI=1S/C14H24N2O2/c1-4-14(5-2,11-15)13(17)16(6-3)10-12-8-7-9-18-12/h7-9H,4-6,10-11,15H2,1-3H3. The monoisotopic (exact) mass is 252 g/mol. The summed E-state index contributed by atoms with van der Waals surface area (Å²) in [4.78, 5) is 14.4. The van der Waals surface area contributed by atoms with Crippen molar-refractivity contribution in [1.82, 2.24) is 4.90 Å². The molecule has 0 spiro atoms. The number of amides is 1. The van der Waals surface area contributed by atoms with Crippen LogP contribution in [0, 0.1) is 5.41 Å². The molecule has 4 nitrogen and oxygen atoms in total. The number of hydrogen-bond acceptors (Lipinski definition) is 3. The van der Waals surface area contributed by atoms with Gasteiger partial charge in [-0.2, -0.15) is 0 Å². The third kappa shape index (κ3) is 2.93. The van der Waals surface area contributed by atoms with E-state index in [0.29, 0.717) is 19.6 Å². The zero-order valence-corrected chi connectivity index (χ0v) is 11.6. The van der Waals surface area contributed by atoms with Crippen molar-refractivity contribution in [2.45, 2.75) is 40.2 Å². The second kappa shape index (κ2) is 6.59. The van der Waals surface area contributed by atoms with Gasteiger partial charge in [0.15, 0.2) is 0 Å². The topological polar surface area (TPSA) is 59.5 Å². The molecule has 0 saturated heterocycles. The first kappa shape index (κ1) is 14.8. The fourth-order valence-corrected chi connectivity index (χ4v) is 2.18. The summed E-state index contributed by atoms with van der Waals surface area (Å²) in [5.74, 6) is 0.942. The van der Waals surface area contributed by atoms with E-state index in [0.717, 1.165) is 18.6 Å². The summed E-state index contributed by atoms with van der Waals surface area (Å²) in [7, 11) is 0. The van der Waals surface area contributed by atoms with Gasteiger partial charge in [0.05, 0.1) is 18.2 Å². The summed E-state index contributed by atoms with van der Waals surface area (Å²) in [5.41, 5.74) is 5.40. The number of hydrogen-bond donors (Lipinski definition) is 1. The summed E-state index contributed by atoms with van der Waals surface area (Å²) in [5, 5.41) is 0. The quantitative estimate of drug-likeness (QED) is 0.810. The van der Waals surface area contributed by atoms with Crippen molar-refractivity contribution in [3.63, 3.8) is 0 Å². The lowest BCUT2D eigenvalue weighted by Crippen LogP contribution is -2.47. The van der Waals surface area contributed by atoms with Gasteiger partial charge in [0.25, 0.3) is 0 Å². The fourth-order valence-electron chi connectivity index (χ4n) is 2.18. The van der Waals surface area contributed by atoms with Crippen LogP contribution in [0.1, 0.15) is 39.4 Å². The fraction of sp³-hybridized carbons (Fsp3) is 0.643. The van der Waals surface area contributed by atoms with E-state index in [9.17, 15) is 4.79 Å². The van der Waals surface area contributed by atoms with Crippen LogP contribution in [0.4, 0.5) is 0 Å². The van der Waals surface area contributed by atoms with Crippen molar-refractivity contribution in [1.29, 1.82) is 0 Å². The Morgan fingerprint density at radius 1 is 1.39 bits per heavy atom. The number of carbonyl (C=O) groups is 1. The van der Waals surface area contributed by atoms with Crippen LogP contribution >= 0.6 is 0 Å². The maximum absolute atomic E-state index is 12.6. The van der Waals surface area contributed by atoms with Crippen LogP contribution in [0.3, 0.4) is 0 Å². The van der Waals surface area contributed by atoms with Crippen molar-refractivity contribution in [2.75, 3.05) is 13.1 Å². The zero-order valence-electron chi connectivity index (χ0n) is 11.6. The summed E-state index contributed by atoms with van der Waals surface area (Å²) in [6.45, 7) is 7.61. The van der Waals surface area contributed by atoms with E-state index in [1.165, 1.54) is 0 Å². The van der Waals surface area contributed by atoms with Gasteiger partial charge in [-0.1, -0.05) is 13.8 Å². The average molecular weight is 252 g/mol. The summed E-state index contributed by atoms with van der Waals surface area (Å²) in [6, 6.07) is 3.72. The minimum absolute atomic E-state index is 0.133. The molecule has 102 valence electrons. The Balaban J connectivity index is 2.83. The van der Waals surface area contributed by atoms with E-state index in [2.05, 4.69) is 0 Å². The average Bonchev–Trinajstić information content (AvgIpc) is 2.91. The first-order chi connectivity index (χ1) is 8.63. The molecular formula is C14H24N2O2. The highest BCUT2D eigenvalue weighted by molar-refractivity contribution is 5.82. The number of carbonyl (C=O) groups excluding carboxylic acids is 1. The van der Waals surface area contributed by atoms with Crippen LogP contribution in [0.25, 0.3) is 0 Å². The molecule has 0 saturated carbocycles. The van der Waals surface area contributed by atoms with Gasteiger partial charge in [0.2, 0.25) is 5.91 Å². The molecule has 2 N–H and O–H groups in total. The minimum atomic E-state index is -0.428. The Hall–Kier alpha value is -1.29. The number of nitrogens with zero attached hydrogens (tertiary/aromatic N) is 1. The number of rotatable bonds is 7. The minimum Gasteiger partial charge on any atom is -0.467 e. The molecule has 1 aromatic rings. The van der Waals surface area contributed by atoms with Gasteiger partial charge >= 0.3 is 0 Å². The Bertz CT molecular complexity index is 348. The van der Waals surface area contributed by atoms with Crippen molar-refractivity contribution in [3.05, 3.63) is 24.2 Å². The lowest BCUT2D eigenvalue weighted by molar-refractivity contribution is -0.142. The molecule has 1 heterocycles. The van der Waals surface area contributed by atoms with Crippen LogP contribution in [0.2, 0.25) is 0 Å². The maximum atomic E-state index is 12.6. The molecule has 0 aliphatic heterocycles. The molecule has 0 radical (unpaired) electrons. The van der Waals surface area contributed by atoms with Crippen LogP contribution in [-0.4, -0.2) is 23.9 Å². The molecule has 4 heteroatoms. The summed E-state index contributed by atoms with van der Waals surface area (Å²) < 4.78 is 5.30. The van der Waals surface area contributed by atoms with E-state index in [1.54, 1.807) is 6.26 Å². The number of furan rings is 1. The second-order valence-electron chi connectivity index (χ2n) is 4.59. The predicted molar refractivity (Wildman–Crippen MR) is 71.9 cm³/mol. The molecule has 18 heavy (non-hydrogen) atoms. The highest BCUT2D eigenvalue weighted by atomic mass is 16.3. The van der Waals surface area contributed by atoms with Gasteiger partial charge in [0.1, 0.15) is 5.76 Å². The largest absolute Gasteiger partial charge is 0.467 e. The zero-order chi connectivity index (χ0) is 13.6. The Kier molecular flexibility index (Phi) is 5.41. The van der Waals surface area contributed by atoms with E-state index in [1.807, 2.05) is 37.8 Å². The van der Waals surface area contributed by atoms with Gasteiger partial charge in [0, 0.05) is 13.1 Å². The molecule has 0 aromatic carbocycles. The molecule has 0 aliphatic rings. The third-order valence-electron chi connectivity index (χ3n) is 3.79. The van der Waals surface area contributed by atoms with Crippen LogP contribution in [-0.2, 0) is 11.3 Å². The molecular weight excluding hydrogens is 228 g/mol. The molecule has 0 aliphatic carbocycles. The van der Waals surface area contributed by atoms with Crippen molar-refractivity contribution < 1.29 is 9.21 Å². The normalized spacial score (nSPS) is 11.6. The number of nitrogens with two attached hydrogens (primary N) is 1. The smallest absolute Gasteiger partial charge is 0.230 e. The van der Waals surface area contributed by atoms with Gasteiger partial charge < -0.3 is 15.1 Å². The third-order valence-corrected chi connectivity index (χ3v) is 3.79.